The van der Waals surface area contributed by atoms with Crippen molar-refractivity contribution in [2.75, 3.05) is 30.8 Å². The summed E-state index contributed by atoms with van der Waals surface area (Å²) in [5.41, 5.74) is 11.2. The molecule has 2 aromatic heterocycles. The number of nitrogens with two attached hydrogens (primary N) is 1. The first-order valence-electron chi connectivity index (χ1n) is 13.8. The third-order valence-corrected chi connectivity index (χ3v) is 9.90. The van der Waals surface area contributed by atoms with Gasteiger partial charge in [0, 0.05) is 13.1 Å². The van der Waals surface area contributed by atoms with Gasteiger partial charge < -0.3 is 15.4 Å². The molecule has 0 bridgehead atoms. The molecule has 2 atom stereocenters. The molecule has 1 saturated heterocycles. The smallest absolute Gasteiger partial charge is 0.181 e. The fraction of sp³-hybridized carbons (Fsp3) is 0.433. The van der Waals surface area contributed by atoms with Crippen LogP contribution in [-0.4, -0.2) is 48.9 Å². The minimum Gasteiger partial charge on any atom is -0.497 e. The number of benzene rings is 2. The van der Waals surface area contributed by atoms with E-state index in [0.29, 0.717) is 23.5 Å². The second-order valence-corrected chi connectivity index (χ2v) is 13.9. The van der Waals surface area contributed by atoms with Crippen LogP contribution in [0.4, 0.5) is 11.6 Å². The molecule has 4 aromatic rings. The predicted octanol–water partition coefficient (Wildman–Crippen LogP) is 4.40. The quantitative estimate of drug-likeness (QED) is 0.360. The second kappa shape index (κ2) is 10.2. The molecular formula is C30H37N7O2S. The molecule has 0 radical (unpaired) electrons. The van der Waals surface area contributed by atoms with Crippen LogP contribution < -0.4 is 20.1 Å². The Labute approximate surface area is 237 Å². The zero-order valence-electron chi connectivity index (χ0n) is 23.6. The monoisotopic (exact) mass is 559 g/mol. The summed E-state index contributed by atoms with van der Waals surface area (Å²) in [6.07, 6.45) is 4.73. The molecule has 2 aromatic carbocycles. The van der Waals surface area contributed by atoms with Crippen LogP contribution >= 0.6 is 0 Å². The van der Waals surface area contributed by atoms with Gasteiger partial charge in [-0.05, 0) is 74.3 Å². The summed E-state index contributed by atoms with van der Waals surface area (Å²) in [6, 6.07) is 16.6. The lowest BCUT2D eigenvalue weighted by Gasteiger charge is -2.44. The highest BCUT2D eigenvalue weighted by molar-refractivity contribution is 7.84. The molecule has 1 aliphatic heterocycles. The van der Waals surface area contributed by atoms with E-state index in [9.17, 15) is 4.21 Å². The van der Waals surface area contributed by atoms with Crippen molar-refractivity contribution in [1.82, 2.24) is 24.5 Å². The van der Waals surface area contributed by atoms with Crippen molar-refractivity contribution in [3.05, 3.63) is 71.4 Å². The van der Waals surface area contributed by atoms with Crippen molar-refractivity contribution < 1.29 is 8.95 Å². The molecule has 9 nitrogen and oxygen atoms in total. The Balaban J connectivity index is 1.24. The third kappa shape index (κ3) is 4.83. The van der Waals surface area contributed by atoms with Crippen molar-refractivity contribution >= 4 is 33.8 Å². The first-order valence-corrected chi connectivity index (χ1v) is 14.9. The Kier molecular flexibility index (Phi) is 6.78. The Morgan fingerprint density at radius 1 is 1.12 bits per heavy atom. The number of hydrogen-bond donors (Lipinski definition) is 2. The van der Waals surface area contributed by atoms with E-state index in [2.05, 4.69) is 44.0 Å². The van der Waals surface area contributed by atoms with Crippen LogP contribution in [0, 0.1) is 5.41 Å². The average Bonchev–Trinajstić information content (AvgIpc) is 3.42. The Morgan fingerprint density at radius 3 is 2.55 bits per heavy atom. The summed E-state index contributed by atoms with van der Waals surface area (Å²) in [4.78, 5) is 12.0. The Hall–Kier alpha value is -3.50. The number of fused-ring (bicyclic) bond motifs is 2. The maximum absolute atomic E-state index is 13.2. The maximum Gasteiger partial charge on any atom is 0.181 e. The van der Waals surface area contributed by atoms with Crippen molar-refractivity contribution in [3.63, 3.8) is 0 Å². The van der Waals surface area contributed by atoms with Gasteiger partial charge >= 0.3 is 0 Å². The number of nitrogens with zero attached hydrogens (tertiary/aromatic N) is 5. The van der Waals surface area contributed by atoms with Gasteiger partial charge in [-0.2, -0.15) is 5.10 Å². The molecule has 0 saturated carbocycles. The molecule has 1 spiro atoms. The van der Waals surface area contributed by atoms with Gasteiger partial charge in [-0.3, -0.25) is 0 Å². The Morgan fingerprint density at radius 2 is 1.85 bits per heavy atom. The summed E-state index contributed by atoms with van der Waals surface area (Å²) in [5.74, 6) is 2.02. The van der Waals surface area contributed by atoms with E-state index in [4.69, 9.17) is 15.5 Å². The number of rotatable bonds is 6. The summed E-state index contributed by atoms with van der Waals surface area (Å²) < 4.78 is 23.5. The predicted molar refractivity (Wildman–Crippen MR) is 160 cm³/mol. The number of methoxy groups -OCH3 is 1. The van der Waals surface area contributed by atoms with Crippen molar-refractivity contribution in [2.45, 2.75) is 57.4 Å². The molecule has 210 valence electrons. The molecule has 3 heterocycles. The van der Waals surface area contributed by atoms with Crippen LogP contribution in [0.15, 0.2) is 54.7 Å². The molecular weight excluding hydrogens is 522 g/mol. The number of nitrogens with one attached hydrogen (secondary N) is 1. The van der Waals surface area contributed by atoms with Crippen molar-refractivity contribution in [3.8, 4) is 5.75 Å². The molecule has 0 amide bonds. The summed E-state index contributed by atoms with van der Waals surface area (Å²) in [6.45, 7) is 8.29. The molecule has 0 unspecified atom stereocenters. The van der Waals surface area contributed by atoms with E-state index in [1.54, 1.807) is 7.11 Å². The van der Waals surface area contributed by atoms with Gasteiger partial charge in [-0.25, -0.2) is 23.6 Å². The first-order chi connectivity index (χ1) is 19.2. The van der Waals surface area contributed by atoms with Crippen LogP contribution in [0.2, 0.25) is 0 Å². The molecule has 40 heavy (non-hydrogen) atoms. The van der Waals surface area contributed by atoms with Crippen LogP contribution in [0.25, 0.3) is 11.2 Å². The van der Waals surface area contributed by atoms with Crippen molar-refractivity contribution in [1.29, 1.82) is 0 Å². The summed E-state index contributed by atoms with van der Waals surface area (Å²) >= 11 is 0. The number of nitrogen functional groups attached to an aromatic ring is 1. The lowest BCUT2D eigenvalue weighted by atomic mass is 9.73. The number of anilines is 2. The van der Waals surface area contributed by atoms with E-state index in [1.807, 2.05) is 55.9 Å². The number of hydrogen-bond acceptors (Lipinski definition) is 7. The average molecular weight is 560 g/mol. The highest BCUT2D eigenvalue weighted by atomic mass is 32.2. The molecule has 1 aliphatic carbocycles. The third-order valence-electron chi connectivity index (χ3n) is 8.33. The number of ether oxygens (including phenoxy) is 1. The zero-order valence-corrected chi connectivity index (χ0v) is 24.4. The normalized spacial score (nSPS) is 19.2. The van der Waals surface area contributed by atoms with Gasteiger partial charge in [0.05, 0.1) is 41.6 Å². The van der Waals surface area contributed by atoms with Crippen LogP contribution in [0.3, 0.4) is 0 Å². The molecule has 1 fully saturated rings. The number of piperidine rings is 1. The SMILES string of the molecule is COc1ccc(Cn2nc(N)c3ncc(N4CCC5(CC4)Cc4ccccc4[C@H]5N[S@](=O)C(C)(C)C)nc32)cc1. The van der Waals surface area contributed by atoms with E-state index in [1.165, 1.54) is 11.1 Å². The van der Waals surface area contributed by atoms with E-state index in [0.717, 1.165) is 49.5 Å². The molecule has 3 N–H and O–H groups in total. The molecule has 6 rings (SSSR count). The maximum atomic E-state index is 13.2. The largest absolute Gasteiger partial charge is 0.497 e. The van der Waals surface area contributed by atoms with E-state index >= 15 is 0 Å². The van der Waals surface area contributed by atoms with Gasteiger partial charge in [0.2, 0.25) is 0 Å². The first kappa shape index (κ1) is 26.7. The zero-order chi connectivity index (χ0) is 28.1. The van der Waals surface area contributed by atoms with Crippen molar-refractivity contribution in [2.24, 2.45) is 5.41 Å². The lowest BCUT2D eigenvalue weighted by Crippen LogP contribution is -2.48. The summed E-state index contributed by atoms with van der Waals surface area (Å²) in [7, 11) is 0.502. The minimum atomic E-state index is -1.16. The number of aromatic nitrogens is 4. The Bertz CT molecular complexity index is 1550. The van der Waals surface area contributed by atoms with Gasteiger partial charge in [-0.1, -0.05) is 36.4 Å². The van der Waals surface area contributed by atoms with Gasteiger partial charge in [-0.15, -0.1) is 0 Å². The van der Waals surface area contributed by atoms with E-state index < -0.39 is 11.0 Å². The van der Waals surface area contributed by atoms with Crippen LogP contribution in [-0.2, 0) is 24.0 Å². The fourth-order valence-corrected chi connectivity index (χ4v) is 6.97. The topological polar surface area (TPSA) is 111 Å². The van der Waals surface area contributed by atoms with Crippen LogP contribution in [0.1, 0.15) is 56.3 Å². The lowest BCUT2D eigenvalue weighted by molar-refractivity contribution is 0.177. The standard InChI is InChI=1S/C30H37N7O2S/c1-29(2,3)40(38)35-26-23-8-6-5-7-21(23)17-30(26)13-15-36(16-14-30)24-18-32-25-27(31)34-37(28(25)33-24)19-20-9-11-22(39-4)12-10-20/h5-12,18,26,35H,13-17,19H2,1-4H3,(H2,31,34)/t26-,40-/m1/s1. The highest BCUT2D eigenvalue weighted by Gasteiger charge is 2.48. The van der Waals surface area contributed by atoms with E-state index in [-0.39, 0.29) is 16.2 Å². The fourth-order valence-electron chi connectivity index (χ4n) is 6.03. The van der Waals surface area contributed by atoms with Crippen LogP contribution in [0.5, 0.6) is 5.75 Å². The molecule has 2 aliphatic rings. The summed E-state index contributed by atoms with van der Waals surface area (Å²) in [5, 5.41) is 4.53. The van der Waals surface area contributed by atoms with Gasteiger partial charge in [0.25, 0.3) is 0 Å². The minimum absolute atomic E-state index is 0.0131. The second-order valence-electron chi connectivity index (χ2n) is 11.9. The highest BCUT2D eigenvalue weighted by Crippen LogP contribution is 2.52. The van der Waals surface area contributed by atoms with Gasteiger partial charge in [0.1, 0.15) is 11.6 Å². The van der Waals surface area contributed by atoms with Gasteiger partial charge in [0.15, 0.2) is 17.0 Å². The molecule has 10 heteroatoms.